The summed E-state index contributed by atoms with van der Waals surface area (Å²) in [6.07, 6.45) is 4.39. The molecule has 2 heterocycles. The summed E-state index contributed by atoms with van der Waals surface area (Å²) in [6, 6.07) is 4.14. The third kappa shape index (κ3) is 3.77. The van der Waals surface area contributed by atoms with Gasteiger partial charge in [-0.25, -0.2) is 4.98 Å². The topological polar surface area (TPSA) is 45.6 Å². The number of hydrogen-bond donors (Lipinski definition) is 1. The van der Waals surface area contributed by atoms with Crippen LogP contribution in [-0.2, 0) is 4.65 Å². The lowest BCUT2D eigenvalue weighted by molar-refractivity contribution is -0.0918. The molecule has 1 saturated heterocycles. The van der Waals surface area contributed by atoms with Crippen LogP contribution < -0.4 is 10.4 Å². The molecule has 1 aliphatic rings. The Hall–Kier alpha value is -1.07. The summed E-state index contributed by atoms with van der Waals surface area (Å²) in [4.78, 5) is 6.87. The fraction of sp³-hybridized carbons (Fsp3) is 0.688. The average Bonchev–Trinajstić information content (AvgIpc) is 2.91. The summed E-state index contributed by atoms with van der Waals surface area (Å²) >= 11 is 0. The van der Waals surface area contributed by atoms with Gasteiger partial charge >= 0.3 is 6.92 Å². The van der Waals surface area contributed by atoms with E-state index in [1.54, 1.807) is 13.8 Å². The van der Waals surface area contributed by atoms with E-state index in [1.165, 1.54) is 12.8 Å². The van der Waals surface area contributed by atoms with Crippen molar-refractivity contribution >= 4 is 18.2 Å². The van der Waals surface area contributed by atoms with Crippen LogP contribution in [0.4, 0.5) is 5.82 Å². The number of aromatic nitrogens is 1. The lowest BCUT2D eigenvalue weighted by Crippen LogP contribution is -2.52. The van der Waals surface area contributed by atoms with E-state index in [0.717, 1.165) is 24.4 Å². The minimum absolute atomic E-state index is 0.105. The van der Waals surface area contributed by atoms with Crippen LogP contribution in [0.15, 0.2) is 18.3 Å². The summed E-state index contributed by atoms with van der Waals surface area (Å²) in [5.41, 5.74) is -0.486. The molecule has 1 aromatic heterocycles. The summed E-state index contributed by atoms with van der Waals surface area (Å²) in [5, 5.41) is 10.2. The largest absolute Gasteiger partial charge is 0.423 e. The molecular formula is C16H27BN2O2. The van der Waals surface area contributed by atoms with Gasteiger partial charge in [-0.2, -0.15) is 0 Å². The van der Waals surface area contributed by atoms with Crippen LogP contribution in [0.1, 0.15) is 40.5 Å². The van der Waals surface area contributed by atoms with Crippen LogP contribution in [0.5, 0.6) is 0 Å². The van der Waals surface area contributed by atoms with Gasteiger partial charge in [0.15, 0.2) is 0 Å². The van der Waals surface area contributed by atoms with Crippen LogP contribution >= 0.6 is 0 Å². The van der Waals surface area contributed by atoms with Gasteiger partial charge in [0.05, 0.1) is 11.2 Å². The van der Waals surface area contributed by atoms with E-state index in [4.69, 9.17) is 4.65 Å². The summed E-state index contributed by atoms with van der Waals surface area (Å²) < 4.78 is 6.05. The van der Waals surface area contributed by atoms with Gasteiger partial charge in [0.2, 0.25) is 0 Å². The Balaban J connectivity index is 2.04. The van der Waals surface area contributed by atoms with E-state index in [0.29, 0.717) is 0 Å². The number of anilines is 1. The Labute approximate surface area is 128 Å². The third-order valence-electron chi connectivity index (χ3n) is 4.61. The molecule has 0 amide bonds. The second kappa shape index (κ2) is 5.97. The van der Waals surface area contributed by atoms with Gasteiger partial charge in [-0.1, -0.05) is 12.9 Å². The molecule has 0 aromatic carbocycles. The predicted molar refractivity (Wildman–Crippen MR) is 88.4 cm³/mol. The summed E-state index contributed by atoms with van der Waals surface area (Å²) in [5.74, 6) is 1.05. The highest BCUT2D eigenvalue weighted by Gasteiger charge is 2.38. The molecule has 0 saturated carbocycles. The van der Waals surface area contributed by atoms with Crippen LogP contribution in [0.2, 0.25) is 6.82 Å². The zero-order valence-corrected chi connectivity index (χ0v) is 13.9. The van der Waals surface area contributed by atoms with Crippen molar-refractivity contribution in [2.45, 2.75) is 58.6 Å². The molecule has 0 unspecified atom stereocenters. The van der Waals surface area contributed by atoms with Crippen LogP contribution in [0.3, 0.4) is 0 Å². The van der Waals surface area contributed by atoms with Gasteiger partial charge in [0.1, 0.15) is 5.82 Å². The minimum Gasteiger partial charge on any atom is -0.423 e. The molecule has 0 atom stereocenters. The first kappa shape index (κ1) is 16.3. The van der Waals surface area contributed by atoms with Crippen molar-refractivity contribution < 1.29 is 9.76 Å². The quantitative estimate of drug-likeness (QED) is 0.843. The fourth-order valence-corrected chi connectivity index (χ4v) is 2.43. The molecule has 1 aromatic rings. The first-order chi connectivity index (χ1) is 9.71. The molecule has 21 heavy (non-hydrogen) atoms. The normalized spacial score (nSPS) is 16.4. The van der Waals surface area contributed by atoms with Crippen molar-refractivity contribution in [3.8, 4) is 0 Å². The van der Waals surface area contributed by atoms with Crippen molar-refractivity contribution in [3.05, 3.63) is 18.3 Å². The maximum absolute atomic E-state index is 10.2. The highest BCUT2D eigenvalue weighted by Crippen LogP contribution is 2.25. The van der Waals surface area contributed by atoms with Gasteiger partial charge in [-0.05, 0) is 52.1 Å². The summed E-state index contributed by atoms with van der Waals surface area (Å²) in [6.45, 7) is 11.5. The first-order valence-electron chi connectivity index (χ1n) is 7.82. The molecule has 4 nitrogen and oxygen atoms in total. The van der Waals surface area contributed by atoms with Crippen molar-refractivity contribution in [2.24, 2.45) is 0 Å². The SMILES string of the molecule is CB(OC(C)(C)C(C)(C)O)c1ccc(N2CCCC2)nc1. The van der Waals surface area contributed by atoms with Crippen molar-refractivity contribution in [1.29, 1.82) is 0 Å². The van der Waals surface area contributed by atoms with E-state index in [9.17, 15) is 5.11 Å². The maximum atomic E-state index is 10.2. The Morgan fingerprint density at radius 3 is 2.29 bits per heavy atom. The third-order valence-corrected chi connectivity index (χ3v) is 4.61. The van der Waals surface area contributed by atoms with Crippen molar-refractivity contribution in [1.82, 2.24) is 4.98 Å². The molecule has 1 N–H and O–H groups in total. The lowest BCUT2D eigenvalue weighted by Gasteiger charge is -2.39. The molecule has 0 bridgehead atoms. The first-order valence-corrected chi connectivity index (χ1v) is 7.82. The molecule has 0 aliphatic carbocycles. The average molecular weight is 290 g/mol. The predicted octanol–water partition coefficient (Wildman–Crippen LogP) is 2.08. The van der Waals surface area contributed by atoms with Gasteiger partial charge in [0, 0.05) is 19.3 Å². The number of pyridine rings is 1. The highest BCUT2D eigenvalue weighted by molar-refractivity contribution is 6.66. The van der Waals surface area contributed by atoms with Crippen molar-refractivity contribution in [3.63, 3.8) is 0 Å². The Bertz CT molecular complexity index is 462. The van der Waals surface area contributed by atoms with E-state index in [-0.39, 0.29) is 6.92 Å². The molecule has 5 heteroatoms. The zero-order valence-electron chi connectivity index (χ0n) is 13.9. The number of rotatable bonds is 5. The Kier molecular flexibility index (Phi) is 4.64. The van der Waals surface area contributed by atoms with Gasteiger partial charge in [0.25, 0.3) is 0 Å². The van der Waals surface area contributed by atoms with Gasteiger partial charge in [-0.3, -0.25) is 0 Å². The summed E-state index contributed by atoms with van der Waals surface area (Å²) in [7, 11) is 0. The number of aliphatic hydroxyl groups is 1. The zero-order chi connectivity index (χ0) is 15.7. The van der Waals surface area contributed by atoms with Gasteiger partial charge < -0.3 is 14.7 Å². The molecular weight excluding hydrogens is 263 g/mol. The van der Waals surface area contributed by atoms with Crippen LogP contribution in [0, 0.1) is 0 Å². The molecule has 0 spiro atoms. The van der Waals surface area contributed by atoms with Gasteiger partial charge in [-0.15, -0.1) is 0 Å². The second-order valence-electron chi connectivity index (χ2n) is 6.97. The van der Waals surface area contributed by atoms with Crippen LogP contribution in [0.25, 0.3) is 0 Å². The molecule has 1 aliphatic heterocycles. The van der Waals surface area contributed by atoms with Crippen LogP contribution in [-0.4, -0.2) is 41.3 Å². The van der Waals surface area contributed by atoms with E-state index in [1.807, 2.05) is 26.9 Å². The highest BCUT2D eigenvalue weighted by atomic mass is 16.5. The maximum Gasteiger partial charge on any atom is 0.325 e. The second-order valence-corrected chi connectivity index (χ2v) is 6.97. The molecule has 116 valence electrons. The standard InChI is InChI=1S/C16H27BN2O2/c1-15(2,20)16(3,4)21-17(5)13-8-9-14(18-12-13)19-10-6-7-11-19/h8-9,12,20H,6-7,10-11H2,1-5H3. The molecule has 2 rings (SSSR count). The molecule has 1 fully saturated rings. The fourth-order valence-electron chi connectivity index (χ4n) is 2.43. The van der Waals surface area contributed by atoms with E-state index < -0.39 is 11.2 Å². The van der Waals surface area contributed by atoms with E-state index >= 15 is 0 Å². The number of nitrogens with zero attached hydrogens (tertiary/aromatic N) is 2. The van der Waals surface area contributed by atoms with E-state index in [2.05, 4.69) is 22.0 Å². The minimum atomic E-state index is -0.899. The number of hydrogen-bond acceptors (Lipinski definition) is 4. The Morgan fingerprint density at radius 2 is 1.81 bits per heavy atom. The Morgan fingerprint density at radius 1 is 1.19 bits per heavy atom. The molecule has 0 radical (unpaired) electrons. The lowest BCUT2D eigenvalue weighted by atomic mass is 9.63. The monoisotopic (exact) mass is 290 g/mol. The van der Waals surface area contributed by atoms with Crippen molar-refractivity contribution in [2.75, 3.05) is 18.0 Å². The smallest absolute Gasteiger partial charge is 0.325 e.